The highest BCUT2D eigenvalue weighted by molar-refractivity contribution is 5.97. The van der Waals surface area contributed by atoms with Crippen LogP contribution in [0, 0.1) is 27.7 Å². The summed E-state index contributed by atoms with van der Waals surface area (Å²) in [7, 11) is 0. The Hall–Kier alpha value is -6.36. The molecule has 0 saturated heterocycles. The quantitative estimate of drug-likeness (QED) is 0.0309. The first-order chi connectivity index (χ1) is 28.4. The molecule has 61 heavy (non-hydrogen) atoms. The van der Waals surface area contributed by atoms with Gasteiger partial charge >= 0.3 is 0 Å². The molecule has 0 bridgehead atoms. The number of aromatic nitrogens is 4. The van der Waals surface area contributed by atoms with E-state index in [1.54, 1.807) is 0 Å². The van der Waals surface area contributed by atoms with Crippen molar-refractivity contribution in [3.63, 3.8) is 0 Å². The molecule has 312 valence electrons. The summed E-state index contributed by atoms with van der Waals surface area (Å²) in [6.07, 6.45) is 5.37. The van der Waals surface area contributed by atoms with Gasteiger partial charge in [-0.1, -0.05) is 19.3 Å². The topological polar surface area (TPSA) is 172 Å². The van der Waals surface area contributed by atoms with Crippen LogP contribution in [0.3, 0.4) is 0 Å². The predicted octanol–water partition coefficient (Wildman–Crippen LogP) is 9.85. The molecule has 0 amide bonds. The minimum Gasteiger partial charge on any atom is -0.398 e. The number of halogens is 2. The van der Waals surface area contributed by atoms with Crippen LogP contribution in [-0.4, -0.2) is 21.5 Å². The molecule has 0 spiro atoms. The second kappa shape index (κ2) is 18.1. The number of ketones is 2. The number of nitrogens with two attached hydrogens (primary N) is 4. The average molecular weight is 856 g/mol. The Morgan fingerprint density at radius 3 is 0.967 bits per heavy atom. The summed E-state index contributed by atoms with van der Waals surface area (Å²) in [6.45, 7) is 7.91. The molecule has 10 nitrogen and oxygen atoms in total. The van der Waals surface area contributed by atoms with Gasteiger partial charge in [-0.25, -0.2) is 9.97 Å². The van der Waals surface area contributed by atoms with Crippen molar-refractivity contribution in [2.45, 2.75) is 72.6 Å². The molecule has 8 rings (SSSR count). The molecule has 8 aromatic rings. The summed E-state index contributed by atoms with van der Waals surface area (Å²) in [5.74, 6) is 0.236. The lowest BCUT2D eigenvalue weighted by Crippen LogP contribution is -2.33. The van der Waals surface area contributed by atoms with Crippen molar-refractivity contribution >= 4 is 103 Å². The Morgan fingerprint density at radius 1 is 0.426 bits per heavy atom. The number of carbonyl (C=O) groups is 2. The third kappa shape index (κ3) is 8.78. The van der Waals surface area contributed by atoms with E-state index in [2.05, 4.69) is 9.13 Å². The summed E-state index contributed by atoms with van der Waals surface area (Å²) >= 11 is 0. The van der Waals surface area contributed by atoms with Gasteiger partial charge in [0.2, 0.25) is 33.4 Å². The summed E-state index contributed by atoms with van der Waals surface area (Å²) in [6, 6.07) is 31.2. The second-order valence-electron chi connectivity index (χ2n) is 15.9. The van der Waals surface area contributed by atoms with Crippen molar-refractivity contribution in [2.75, 3.05) is 22.9 Å². The SMILES string of the molecule is Cc1cc2nc3cc(C)c(N)cc3[n+](-c3ccc(C(=O)CCCCCCCC(=O)c4ccc(-[n+]5c6cc(N)c(C)cc6nc6cc(C)c(N)cc65)cc4)cc3)c2cc1N.Cl.Cl. The minimum atomic E-state index is 0. The van der Waals surface area contributed by atoms with Crippen LogP contribution in [-0.2, 0) is 0 Å². The number of nitrogen functional groups attached to an aromatic ring is 4. The third-order valence-electron chi connectivity index (χ3n) is 11.6. The molecule has 6 aromatic carbocycles. The van der Waals surface area contributed by atoms with Crippen LogP contribution in [0.2, 0.25) is 0 Å². The van der Waals surface area contributed by atoms with E-state index in [1.807, 2.05) is 125 Å². The lowest BCUT2D eigenvalue weighted by atomic mass is 10.0. The molecule has 0 unspecified atom stereocenters. The van der Waals surface area contributed by atoms with Gasteiger partial charge < -0.3 is 22.9 Å². The lowest BCUT2D eigenvalue weighted by molar-refractivity contribution is -0.538. The van der Waals surface area contributed by atoms with Gasteiger partial charge in [-0.15, -0.1) is 33.9 Å². The van der Waals surface area contributed by atoms with Crippen molar-refractivity contribution in [3.05, 3.63) is 130 Å². The van der Waals surface area contributed by atoms with Crippen LogP contribution in [0.25, 0.3) is 55.5 Å². The van der Waals surface area contributed by atoms with Crippen LogP contribution in [0.4, 0.5) is 22.7 Å². The first-order valence-corrected chi connectivity index (χ1v) is 20.3. The second-order valence-corrected chi connectivity index (χ2v) is 15.9. The highest BCUT2D eigenvalue weighted by atomic mass is 35.5. The van der Waals surface area contributed by atoms with Crippen molar-refractivity contribution in [2.24, 2.45) is 0 Å². The first-order valence-electron chi connectivity index (χ1n) is 20.3. The van der Waals surface area contributed by atoms with Crippen LogP contribution >= 0.6 is 24.8 Å². The molecule has 0 aliphatic rings. The number of carbonyl (C=O) groups excluding carboxylic acids is 2. The number of unbranched alkanes of at least 4 members (excludes halogenated alkanes) is 4. The molecule has 0 fully saturated rings. The largest absolute Gasteiger partial charge is 0.398 e. The monoisotopic (exact) mass is 854 g/mol. The Labute approximate surface area is 367 Å². The predicted molar refractivity (Wildman–Crippen MR) is 254 cm³/mol. The molecule has 0 atom stereocenters. The smallest absolute Gasteiger partial charge is 0.239 e. The number of aryl methyl sites for hydroxylation is 4. The summed E-state index contributed by atoms with van der Waals surface area (Å²) in [5.41, 5.74) is 41.9. The van der Waals surface area contributed by atoms with Gasteiger partial charge in [0.1, 0.15) is 22.1 Å². The Balaban J connectivity index is 0.00000311. The van der Waals surface area contributed by atoms with Gasteiger partial charge in [0.05, 0.1) is 0 Å². The number of hydrogen-bond donors (Lipinski definition) is 4. The fraction of sp³-hybridized carbons (Fsp3) is 0.224. The lowest BCUT2D eigenvalue weighted by Gasteiger charge is -2.09. The molecule has 0 aliphatic heterocycles. The number of nitrogens with zero attached hydrogens (tertiary/aromatic N) is 4. The van der Waals surface area contributed by atoms with E-state index < -0.39 is 0 Å². The highest BCUT2D eigenvalue weighted by Crippen LogP contribution is 2.27. The van der Waals surface area contributed by atoms with Crippen molar-refractivity contribution in [3.8, 4) is 11.4 Å². The number of hydrogen-bond acceptors (Lipinski definition) is 8. The Morgan fingerprint density at radius 2 is 0.689 bits per heavy atom. The summed E-state index contributed by atoms with van der Waals surface area (Å²) in [4.78, 5) is 36.3. The molecule has 0 saturated carbocycles. The molecule has 2 aromatic heterocycles. The molecule has 2 heterocycles. The summed E-state index contributed by atoms with van der Waals surface area (Å²) < 4.78 is 4.22. The number of benzene rings is 6. The molecule has 12 heteroatoms. The van der Waals surface area contributed by atoms with Gasteiger partial charge in [0.25, 0.3) is 0 Å². The standard InChI is InChI=1S/C49H48N8O2.2ClH/c1-28-20-40-44(24-36(28)50)56(45-25-37(51)29(2)21-41(45)54-40)34-16-12-32(13-17-34)48(58)10-8-6-5-7-9-11-49(59)33-14-18-35(19-15-33)57-46-26-38(52)30(3)22-42(46)55-43-23-31(4)39(53)27-47(43)57;;/h12-27H,5-11H2,1-4H3,(H6,50,51,52,53);2*1H/p+2. The number of anilines is 4. The van der Waals surface area contributed by atoms with Gasteiger partial charge in [-0.05, 0) is 111 Å². The van der Waals surface area contributed by atoms with Crippen molar-refractivity contribution in [1.82, 2.24) is 9.97 Å². The molecule has 0 aliphatic carbocycles. The zero-order valence-electron chi connectivity index (χ0n) is 34.9. The maximum absolute atomic E-state index is 13.2. The van der Waals surface area contributed by atoms with Gasteiger partial charge in [0.15, 0.2) is 11.6 Å². The van der Waals surface area contributed by atoms with E-state index in [9.17, 15) is 9.59 Å². The van der Waals surface area contributed by atoms with Gasteiger partial charge in [-0.2, -0.15) is 0 Å². The van der Waals surface area contributed by atoms with Gasteiger partial charge in [-0.3, -0.25) is 9.59 Å². The van der Waals surface area contributed by atoms with E-state index in [1.165, 1.54) is 0 Å². The zero-order valence-corrected chi connectivity index (χ0v) is 36.6. The molecular weight excluding hydrogens is 803 g/mol. The van der Waals surface area contributed by atoms with Crippen molar-refractivity contribution in [1.29, 1.82) is 0 Å². The average Bonchev–Trinajstić information content (AvgIpc) is 3.21. The van der Waals surface area contributed by atoms with E-state index in [-0.39, 0.29) is 36.4 Å². The van der Waals surface area contributed by atoms with Crippen LogP contribution in [0.15, 0.2) is 97.1 Å². The Bertz CT molecular complexity index is 2650. The van der Waals surface area contributed by atoms with E-state index in [0.29, 0.717) is 46.7 Å². The van der Waals surface area contributed by atoms with E-state index in [4.69, 9.17) is 32.9 Å². The molecule has 0 radical (unpaired) electrons. The van der Waals surface area contributed by atoms with Crippen LogP contribution in [0.5, 0.6) is 0 Å². The fourth-order valence-corrected chi connectivity index (χ4v) is 7.92. The first kappa shape index (κ1) is 44.2. The molecular formula is C49H52Cl2N8O2+2. The highest BCUT2D eigenvalue weighted by Gasteiger charge is 2.24. The fourth-order valence-electron chi connectivity index (χ4n) is 7.92. The van der Waals surface area contributed by atoms with E-state index in [0.717, 1.165) is 110 Å². The number of Topliss-reactive ketones (excluding diaryl/α,β-unsaturated/α-hetero) is 2. The van der Waals surface area contributed by atoms with Crippen LogP contribution in [0.1, 0.15) is 87.9 Å². The minimum absolute atomic E-state index is 0. The third-order valence-corrected chi connectivity index (χ3v) is 11.6. The van der Waals surface area contributed by atoms with Crippen molar-refractivity contribution < 1.29 is 18.7 Å². The van der Waals surface area contributed by atoms with Gasteiger partial charge in [0, 0.05) is 95.2 Å². The normalized spacial score (nSPS) is 11.2. The molecule has 8 N–H and O–H groups in total. The van der Waals surface area contributed by atoms with E-state index >= 15 is 0 Å². The maximum atomic E-state index is 13.2. The number of fused-ring (bicyclic) bond motifs is 4. The van der Waals surface area contributed by atoms with Crippen LogP contribution < -0.4 is 32.1 Å². The number of rotatable bonds is 12. The Kier molecular flexibility index (Phi) is 13.1. The zero-order chi connectivity index (χ0) is 41.5. The summed E-state index contributed by atoms with van der Waals surface area (Å²) in [5, 5.41) is 0. The maximum Gasteiger partial charge on any atom is 0.239 e.